The molecule has 3 rings (SSSR count). The van der Waals surface area contributed by atoms with E-state index in [1.54, 1.807) is 19.4 Å². The second-order valence-corrected chi connectivity index (χ2v) is 7.74. The number of likely N-dealkylation sites (tertiary alicyclic amines) is 1. The molecule has 0 saturated carbocycles. The van der Waals surface area contributed by atoms with Gasteiger partial charge in [0.15, 0.2) is 0 Å². The largest absolute Gasteiger partial charge is 0.481 e. The molecule has 2 amide bonds. The van der Waals surface area contributed by atoms with Gasteiger partial charge in [0.25, 0.3) is 0 Å². The number of urea groups is 1. The molecule has 1 aromatic heterocycles. The van der Waals surface area contributed by atoms with Crippen molar-refractivity contribution < 1.29 is 9.53 Å². The zero-order valence-corrected chi connectivity index (χ0v) is 17.3. The summed E-state index contributed by atoms with van der Waals surface area (Å²) >= 11 is 0. The van der Waals surface area contributed by atoms with Gasteiger partial charge in [-0.15, -0.1) is 0 Å². The van der Waals surface area contributed by atoms with Crippen LogP contribution in [0.15, 0.2) is 12.3 Å². The van der Waals surface area contributed by atoms with Gasteiger partial charge in [0, 0.05) is 70.7 Å². The number of piperazine rings is 1. The standard InChI is InChI=1S/C19H33N7O2/c1-23(2)10-11-24-8-5-16(6-9-24)21-19(27)26-14-12-25(13-15-26)18-20-7-4-17(22-18)28-3/h4,7,16H,5-6,8-15H2,1-3H3,(H,21,27). The summed E-state index contributed by atoms with van der Waals surface area (Å²) in [6, 6.07) is 2.07. The predicted molar refractivity (Wildman–Crippen MR) is 109 cm³/mol. The van der Waals surface area contributed by atoms with Crippen LogP contribution in [-0.4, -0.2) is 110 Å². The maximum absolute atomic E-state index is 12.6. The minimum absolute atomic E-state index is 0.0537. The second-order valence-electron chi connectivity index (χ2n) is 7.74. The number of hydrogen-bond donors (Lipinski definition) is 1. The highest BCUT2D eigenvalue weighted by Gasteiger charge is 2.26. The number of methoxy groups -OCH3 is 1. The van der Waals surface area contributed by atoms with Crippen LogP contribution in [0.4, 0.5) is 10.7 Å². The van der Waals surface area contributed by atoms with Crippen LogP contribution in [0, 0.1) is 0 Å². The summed E-state index contributed by atoms with van der Waals surface area (Å²) in [5.41, 5.74) is 0. The zero-order chi connectivity index (χ0) is 19.9. The van der Waals surface area contributed by atoms with Gasteiger partial charge in [-0.25, -0.2) is 9.78 Å². The average molecular weight is 392 g/mol. The molecule has 0 radical (unpaired) electrons. The molecule has 0 unspecified atom stereocenters. The summed E-state index contributed by atoms with van der Waals surface area (Å²) in [7, 11) is 5.81. The van der Waals surface area contributed by atoms with Crippen molar-refractivity contribution >= 4 is 12.0 Å². The van der Waals surface area contributed by atoms with Gasteiger partial charge in [0.2, 0.25) is 11.8 Å². The van der Waals surface area contributed by atoms with Crippen LogP contribution in [0.1, 0.15) is 12.8 Å². The highest BCUT2D eigenvalue weighted by Crippen LogP contribution is 2.15. The van der Waals surface area contributed by atoms with E-state index in [0.717, 1.165) is 52.1 Å². The van der Waals surface area contributed by atoms with Crippen LogP contribution in [0.2, 0.25) is 0 Å². The fourth-order valence-electron chi connectivity index (χ4n) is 3.62. The Labute approximate surface area is 167 Å². The number of amides is 2. The normalized spacial score (nSPS) is 19.1. The number of nitrogens with zero attached hydrogens (tertiary/aromatic N) is 6. The second kappa shape index (κ2) is 9.88. The van der Waals surface area contributed by atoms with Crippen molar-refractivity contribution in [3.05, 3.63) is 12.3 Å². The topological polar surface area (TPSA) is 77.1 Å². The maximum atomic E-state index is 12.6. The molecule has 9 nitrogen and oxygen atoms in total. The summed E-state index contributed by atoms with van der Waals surface area (Å²) in [6.45, 7) is 7.09. The quantitative estimate of drug-likeness (QED) is 0.749. The van der Waals surface area contributed by atoms with Crippen LogP contribution in [0.25, 0.3) is 0 Å². The van der Waals surface area contributed by atoms with Crippen molar-refractivity contribution in [2.45, 2.75) is 18.9 Å². The number of carbonyl (C=O) groups is 1. The van der Waals surface area contributed by atoms with Crippen LogP contribution in [0.5, 0.6) is 5.88 Å². The molecule has 0 atom stereocenters. The van der Waals surface area contributed by atoms with Gasteiger partial charge in [0.1, 0.15) is 0 Å². The van der Waals surface area contributed by atoms with Gasteiger partial charge in [-0.05, 0) is 26.9 Å². The van der Waals surface area contributed by atoms with E-state index < -0.39 is 0 Å². The zero-order valence-electron chi connectivity index (χ0n) is 17.3. The Hall–Kier alpha value is -2.13. The summed E-state index contributed by atoms with van der Waals surface area (Å²) in [4.78, 5) is 30.0. The van der Waals surface area contributed by atoms with E-state index in [1.165, 1.54) is 0 Å². The number of piperidine rings is 1. The van der Waals surface area contributed by atoms with Crippen molar-refractivity contribution in [1.82, 2.24) is 30.0 Å². The van der Waals surface area contributed by atoms with Gasteiger partial charge >= 0.3 is 6.03 Å². The number of rotatable bonds is 6. The number of hydrogen-bond acceptors (Lipinski definition) is 7. The lowest BCUT2D eigenvalue weighted by Gasteiger charge is -2.37. The smallest absolute Gasteiger partial charge is 0.317 e. The number of aromatic nitrogens is 2. The monoisotopic (exact) mass is 391 g/mol. The summed E-state index contributed by atoms with van der Waals surface area (Å²) in [6.07, 6.45) is 3.75. The Morgan fingerprint density at radius 2 is 1.93 bits per heavy atom. The molecule has 1 aromatic rings. The Bertz CT molecular complexity index is 626. The van der Waals surface area contributed by atoms with Crippen molar-refractivity contribution in [1.29, 1.82) is 0 Å². The lowest BCUT2D eigenvalue weighted by molar-refractivity contribution is 0.164. The molecule has 3 heterocycles. The highest BCUT2D eigenvalue weighted by molar-refractivity contribution is 5.74. The van der Waals surface area contributed by atoms with E-state index in [4.69, 9.17) is 4.74 Å². The average Bonchev–Trinajstić information content (AvgIpc) is 2.73. The first-order valence-corrected chi connectivity index (χ1v) is 10.1. The van der Waals surface area contributed by atoms with Crippen LogP contribution < -0.4 is 15.0 Å². The maximum Gasteiger partial charge on any atom is 0.317 e. The van der Waals surface area contributed by atoms with Crippen molar-refractivity contribution in [3.8, 4) is 5.88 Å². The van der Waals surface area contributed by atoms with Crippen LogP contribution in [0.3, 0.4) is 0 Å². The lowest BCUT2D eigenvalue weighted by Crippen LogP contribution is -2.55. The van der Waals surface area contributed by atoms with E-state index in [1.807, 2.05) is 4.90 Å². The number of likely N-dealkylation sites (N-methyl/N-ethyl adjacent to an activating group) is 1. The molecule has 28 heavy (non-hydrogen) atoms. The van der Waals surface area contributed by atoms with Gasteiger partial charge in [-0.1, -0.05) is 0 Å². The molecule has 2 aliphatic rings. The number of nitrogens with one attached hydrogen (secondary N) is 1. The molecular weight excluding hydrogens is 358 g/mol. The molecule has 2 aliphatic heterocycles. The third-order valence-corrected chi connectivity index (χ3v) is 5.45. The lowest BCUT2D eigenvalue weighted by atomic mass is 10.1. The van der Waals surface area contributed by atoms with E-state index >= 15 is 0 Å². The fraction of sp³-hybridized carbons (Fsp3) is 0.737. The molecule has 2 fully saturated rings. The summed E-state index contributed by atoms with van der Waals surface area (Å²) in [5, 5.41) is 3.23. The Balaban J connectivity index is 1.39. The van der Waals surface area contributed by atoms with Crippen molar-refractivity contribution in [2.24, 2.45) is 0 Å². The number of carbonyl (C=O) groups excluding carboxylic acids is 1. The third kappa shape index (κ3) is 5.68. The first kappa shape index (κ1) is 20.6. The molecular formula is C19H33N7O2. The summed E-state index contributed by atoms with van der Waals surface area (Å²) in [5.74, 6) is 1.21. The van der Waals surface area contributed by atoms with Gasteiger partial charge in [-0.3, -0.25) is 0 Å². The molecule has 156 valence electrons. The van der Waals surface area contributed by atoms with Gasteiger partial charge in [0.05, 0.1) is 7.11 Å². The van der Waals surface area contributed by atoms with Gasteiger partial charge < -0.3 is 29.7 Å². The number of ether oxygens (including phenoxy) is 1. The van der Waals surface area contributed by atoms with E-state index in [2.05, 4.69) is 44.1 Å². The highest BCUT2D eigenvalue weighted by atomic mass is 16.5. The summed E-state index contributed by atoms with van der Waals surface area (Å²) < 4.78 is 5.17. The SMILES string of the molecule is COc1ccnc(N2CCN(C(=O)NC3CCN(CCN(C)C)CC3)CC2)n1. The minimum atomic E-state index is 0.0537. The van der Waals surface area contributed by atoms with Crippen molar-refractivity contribution in [2.75, 3.05) is 78.5 Å². The van der Waals surface area contributed by atoms with Crippen molar-refractivity contribution in [3.63, 3.8) is 0 Å². The fourth-order valence-corrected chi connectivity index (χ4v) is 3.62. The van der Waals surface area contributed by atoms with E-state index in [0.29, 0.717) is 24.9 Å². The molecule has 0 spiro atoms. The molecule has 9 heteroatoms. The first-order valence-electron chi connectivity index (χ1n) is 10.1. The Kier molecular flexibility index (Phi) is 7.27. The molecule has 2 saturated heterocycles. The molecule has 1 N–H and O–H groups in total. The van der Waals surface area contributed by atoms with Crippen LogP contribution >= 0.6 is 0 Å². The van der Waals surface area contributed by atoms with Gasteiger partial charge in [-0.2, -0.15) is 4.98 Å². The van der Waals surface area contributed by atoms with E-state index in [9.17, 15) is 4.79 Å². The first-order chi connectivity index (χ1) is 13.5. The molecule has 0 aliphatic carbocycles. The predicted octanol–water partition coefficient (Wildman–Crippen LogP) is 0.343. The number of anilines is 1. The Morgan fingerprint density at radius 3 is 2.57 bits per heavy atom. The minimum Gasteiger partial charge on any atom is -0.481 e. The van der Waals surface area contributed by atoms with Crippen LogP contribution in [-0.2, 0) is 0 Å². The molecule has 0 bridgehead atoms. The Morgan fingerprint density at radius 1 is 1.21 bits per heavy atom. The van der Waals surface area contributed by atoms with E-state index in [-0.39, 0.29) is 12.1 Å². The third-order valence-electron chi connectivity index (χ3n) is 5.45. The molecule has 0 aromatic carbocycles.